The largest absolute Gasteiger partial charge is 0.462 e. The highest BCUT2D eigenvalue weighted by molar-refractivity contribution is 5.77. The van der Waals surface area contributed by atoms with Crippen molar-refractivity contribution in [2.45, 2.75) is 78.1 Å². The quantitative estimate of drug-likeness (QED) is 0.208. The Hall–Kier alpha value is -2.12. The highest BCUT2D eigenvalue weighted by Gasteiger charge is 2.10. The SMILES string of the molecule is CCCCCC(=O)OCCOC(=O)CCC(=O)OCCOC(=O)CCCCC. The molecule has 0 saturated carbocycles. The lowest BCUT2D eigenvalue weighted by molar-refractivity contribution is -0.155. The van der Waals surface area contributed by atoms with E-state index in [9.17, 15) is 19.2 Å². The first-order valence-electron chi connectivity index (χ1n) is 10.1. The van der Waals surface area contributed by atoms with Crippen LogP contribution in [0.4, 0.5) is 0 Å². The summed E-state index contributed by atoms with van der Waals surface area (Å²) in [5.41, 5.74) is 0. The van der Waals surface area contributed by atoms with Gasteiger partial charge in [-0.1, -0.05) is 39.5 Å². The van der Waals surface area contributed by atoms with Crippen LogP contribution in [0.2, 0.25) is 0 Å². The van der Waals surface area contributed by atoms with E-state index in [1.807, 2.05) is 13.8 Å². The number of carbonyl (C=O) groups excluding carboxylic acids is 4. The van der Waals surface area contributed by atoms with Gasteiger partial charge in [0.05, 0.1) is 12.8 Å². The summed E-state index contributed by atoms with van der Waals surface area (Å²) in [6.45, 7) is 4.02. The van der Waals surface area contributed by atoms with Crippen molar-refractivity contribution >= 4 is 23.9 Å². The molecule has 0 amide bonds. The number of carbonyl (C=O) groups is 4. The molecule has 0 aromatic carbocycles. The molecule has 28 heavy (non-hydrogen) atoms. The number of ether oxygens (including phenoxy) is 4. The van der Waals surface area contributed by atoms with Crippen molar-refractivity contribution < 1.29 is 38.1 Å². The molecule has 0 fully saturated rings. The van der Waals surface area contributed by atoms with Gasteiger partial charge in [0.2, 0.25) is 0 Å². The molecule has 0 N–H and O–H groups in total. The third-order valence-electron chi connectivity index (χ3n) is 3.72. The van der Waals surface area contributed by atoms with Crippen LogP contribution in [0.3, 0.4) is 0 Å². The van der Waals surface area contributed by atoms with Crippen molar-refractivity contribution in [3.8, 4) is 0 Å². The number of hydrogen-bond donors (Lipinski definition) is 0. The Labute approximate surface area is 167 Å². The smallest absolute Gasteiger partial charge is 0.306 e. The molecule has 0 saturated heterocycles. The van der Waals surface area contributed by atoms with Crippen LogP contribution in [0.5, 0.6) is 0 Å². The second kappa shape index (κ2) is 18.3. The molecule has 0 spiro atoms. The lowest BCUT2D eigenvalue weighted by Crippen LogP contribution is -2.16. The maximum atomic E-state index is 11.5. The van der Waals surface area contributed by atoms with Gasteiger partial charge >= 0.3 is 23.9 Å². The van der Waals surface area contributed by atoms with E-state index in [1.54, 1.807) is 0 Å². The monoisotopic (exact) mass is 402 g/mol. The van der Waals surface area contributed by atoms with E-state index in [-0.39, 0.29) is 51.2 Å². The molecule has 0 heterocycles. The standard InChI is InChI=1S/C20H34O8/c1-3-5-7-9-17(21)25-13-15-27-19(23)11-12-20(24)28-16-14-26-18(22)10-8-6-4-2/h3-16H2,1-2H3. The molecule has 0 radical (unpaired) electrons. The molecule has 0 aromatic heterocycles. The van der Waals surface area contributed by atoms with Gasteiger partial charge in [0, 0.05) is 12.8 Å². The summed E-state index contributed by atoms with van der Waals surface area (Å²) in [6, 6.07) is 0. The minimum Gasteiger partial charge on any atom is -0.462 e. The van der Waals surface area contributed by atoms with Gasteiger partial charge in [-0.2, -0.15) is 0 Å². The predicted molar refractivity (Wildman–Crippen MR) is 101 cm³/mol. The maximum absolute atomic E-state index is 11.5. The van der Waals surface area contributed by atoms with Crippen LogP contribution in [0.1, 0.15) is 78.1 Å². The van der Waals surface area contributed by atoms with E-state index in [1.165, 1.54) is 0 Å². The summed E-state index contributed by atoms with van der Waals surface area (Å²) >= 11 is 0. The number of esters is 4. The molecule has 0 atom stereocenters. The Kier molecular flexibility index (Phi) is 16.9. The van der Waals surface area contributed by atoms with Crippen LogP contribution in [-0.4, -0.2) is 50.3 Å². The maximum Gasteiger partial charge on any atom is 0.306 e. The first-order valence-corrected chi connectivity index (χ1v) is 10.1. The Bertz CT molecular complexity index is 419. The fraction of sp³-hybridized carbons (Fsp3) is 0.800. The third kappa shape index (κ3) is 17.3. The van der Waals surface area contributed by atoms with Crippen LogP contribution in [-0.2, 0) is 38.1 Å². The van der Waals surface area contributed by atoms with Crippen LogP contribution in [0.15, 0.2) is 0 Å². The highest BCUT2D eigenvalue weighted by atomic mass is 16.6. The summed E-state index contributed by atoms with van der Waals surface area (Å²) in [6.07, 6.45) is 6.05. The fourth-order valence-corrected chi connectivity index (χ4v) is 2.15. The van der Waals surface area contributed by atoms with E-state index >= 15 is 0 Å². The average molecular weight is 402 g/mol. The first kappa shape index (κ1) is 25.9. The molecular weight excluding hydrogens is 368 g/mol. The van der Waals surface area contributed by atoms with Crippen LogP contribution < -0.4 is 0 Å². The second-order valence-electron chi connectivity index (χ2n) is 6.30. The van der Waals surface area contributed by atoms with Gasteiger partial charge in [0.25, 0.3) is 0 Å². The summed E-state index contributed by atoms with van der Waals surface area (Å²) in [5.74, 6) is -1.75. The van der Waals surface area contributed by atoms with Crippen molar-refractivity contribution in [3.05, 3.63) is 0 Å². The normalized spacial score (nSPS) is 10.2. The van der Waals surface area contributed by atoms with Gasteiger partial charge in [0.1, 0.15) is 26.4 Å². The Balaban J connectivity index is 3.56. The topological polar surface area (TPSA) is 105 Å². The molecule has 0 rings (SSSR count). The van der Waals surface area contributed by atoms with Crippen molar-refractivity contribution in [1.29, 1.82) is 0 Å². The molecule has 0 aliphatic rings. The molecule has 0 aromatic rings. The minimum atomic E-state index is -0.568. The van der Waals surface area contributed by atoms with E-state index in [4.69, 9.17) is 18.9 Å². The third-order valence-corrected chi connectivity index (χ3v) is 3.72. The molecule has 0 unspecified atom stereocenters. The zero-order valence-electron chi connectivity index (χ0n) is 17.2. The molecule has 0 aliphatic heterocycles. The minimum absolute atomic E-state index is 0.00473. The van der Waals surface area contributed by atoms with Gasteiger partial charge in [-0.3, -0.25) is 19.2 Å². The molecule has 0 aliphatic carbocycles. The van der Waals surface area contributed by atoms with Crippen LogP contribution in [0, 0.1) is 0 Å². The van der Waals surface area contributed by atoms with Gasteiger partial charge in [-0.15, -0.1) is 0 Å². The molecule has 0 bridgehead atoms. The van der Waals surface area contributed by atoms with Crippen molar-refractivity contribution in [2.75, 3.05) is 26.4 Å². The Morgan fingerprint density at radius 2 is 0.750 bits per heavy atom. The molecule has 8 nitrogen and oxygen atoms in total. The van der Waals surface area contributed by atoms with Crippen molar-refractivity contribution in [3.63, 3.8) is 0 Å². The van der Waals surface area contributed by atoms with Crippen LogP contribution in [0.25, 0.3) is 0 Å². The molecule has 8 heteroatoms. The summed E-state index contributed by atoms with van der Waals surface area (Å²) in [4.78, 5) is 45.7. The number of rotatable bonds is 17. The van der Waals surface area contributed by atoms with Crippen molar-refractivity contribution in [1.82, 2.24) is 0 Å². The predicted octanol–water partition coefficient (Wildman–Crippen LogP) is 3.10. The van der Waals surface area contributed by atoms with E-state index < -0.39 is 11.9 Å². The summed E-state index contributed by atoms with van der Waals surface area (Å²) in [5, 5.41) is 0. The van der Waals surface area contributed by atoms with E-state index in [0.717, 1.165) is 38.5 Å². The number of unbranched alkanes of at least 4 members (excludes halogenated alkanes) is 4. The summed E-state index contributed by atoms with van der Waals surface area (Å²) < 4.78 is 19.6. The van der Waals surface area contributed by atoms with Crippen LogP contribution >= 0.6 is 0 Å². The second-order valence-corrected chi connectivity index (χ2v) is 6.30. The number of hydrogen-bond acceptors (Lipinski definition) is 8. The Morgan fingerprint density at radius 3 is 1.04 bits per heavy atom. The molecular formula is C20H34O8. The first-order chi connectivity index (χ1) is 13.5. The van der Waals surface area contributed by atoms with Gasteiger partial charge in [-0.05, 0) is 12.8 Å². The summed E-state index contributed by atoms with van der Waals surface area (Å²) in [7, 11) is 0. The fourth-order valence-electron chi connectivity index (χ4n) is 2.15. The van der Waals surface area contributed by atoms with E-state index in [2.05, 4.69) is 0 Å². The van der Waals surface area contributed by atoms with Crippen molar-refractivity contribution in [2.24, 2.45) is 0 Å². The average Bonchev–Trinajstić information content (AvgIpc) is 2.67. The van der Waals surface area contributed by atoms with Gasteiger partial charge in [-0.25, -0.2) is 0 Å². The van der Waals surface area contributed by atoms with Gasteiger partial charge in [0.15, 0.2) is 0 Å². The lowest BCUT2D eigenvalue weighted by atomic mass is 10.2. The van der Waals surface area contributed by atoms with E-state index in [0.29, 0.717) is 12.8 Å². The molecule has 162 valence electrons. The lowest BCUT2D eigenvalue weighted by Gasteiger charge is -2.07. The zero-order chi connectivity index (χ0) is 21.0. The highest BCUT2D eigenvalue weighted by Crippen LogP contribution is 2.02. The van der Waals surface area contributed by atoms with Gasteiger partial charge < -0.3 is 18.9 Å². The zero-order valence-corrected chi connectivity index (χ0v) is 17.2. The Morgan fingerprint density at radius 1 is 0.464 bits per heavy atom.